The van der Waals surface area contributed by atoms with Gasteiger partial charge < -0.3 is 10.6 Å². The Morgan fingerprint density at radius 3 is 2.53 bits per heavy atom. The smallest absolute Gasteiger partial charge is 0.0227 e. The van der Waals surface area contributed by atoms with Gasteiger partial charge in [0.15, 0.2) is 0 Å². The Morgan fingerprint density at radius 1 is 1.27 bits per heavy atom. The lowest BCUT2D eigenvalue weighted by atomic mass is 10.0. The Hall–Kier alpha value is -0.860. The van der Waals surface area contributed by atoms with Gasteiger partial charge in [0, 0.05) is 12.6 Å². The van der Waals surface area contributed by atoms with Gasteiger partial charge in [0.2, 0.25) is 0 Å². The van der Waals surface area contributed by atoms with Gasteiger partial charge in [-0.25, -0.2) is 0 Å². The van der Waals surface area contributed by atoms with Crippen LogP contribution >= 0.6 is 0 Å². The largest absolute Gasteiger partial charge is 0.328 e. The molecule has 0 fully saturated rings. The minimum atomic E-state index is 0.294. The molecule has 0 radical (unpaired) electrons. The maximum atomic E-state index is 5.75. The fraction of sp³-hybridized carbons (Fsp3) is 0.538. The summed E-state index contributed by atoms with van der Waals surface area (Å²) in [5.41, 5.74) is 8.52. The quantitative estimate of drug-likeness (QED) is 0.798. The molecule has 1 aromatic carbocycles. The number of benzene rings is 1. The summed E-state index contributed by atoms with van der Waals surface area (Å²) in [5, 5.41) is 0. The van der Waals surface area contributed by atoms with E-state index in [4.69, 9.17) is 5.73 Å². The molecule has 0 saturated carbocycles. The van der Waals surface area contributed by atoms with Gasteiger partial charge in [0.25, 0.3) is 0 Å². The molecule has 0 aliphatic carbocycles. The monoisotopic (exact) mass is 206 g/mol. The van der Waals surface area contributed by atoms with E-state index in [-0.39, 0.29) is 0 Å². The second-order valence-corrected chi connectivity index (χ2v) is 4.57. The van der Waals surface area contributed by atoms with Crippen LogP contribution in [0.4, 0.5) is 0 Å². The molecule has 2 N–H and O–H groups in total. The molecule has 0 saturated heterocycles. The molecule has 1 atom stereocenters. The highest BCUT2D eigenvalue weighted by atomic mass is 15.0. The zero-order chi connectivity index (χ0) is 11.3. The van der Waals surface area contributed by atoms with Crippen LogP contribution in [-0.2, 0) is 13.0 Å². The second kappa shape index (κ2) is 5.89. The van der Waals surface area contributed by atoms with Crippen LogP contribution in [0.1, 0.15) is 24.5 Å². The Labute approximate surface area is 93.1 Å². The number of hydrogen-bond donors (Lipinski definition) is 1. The van der Waals surface area contributed by atoms with Crippen molar-refractivity contribution in [3.63, 3.8) is 0 Å². The fourth-order valence-corrected chi connectivity index (χ4v) is 1.64. The molecule has 2 nitrogen and oxygen atoms in total. The molecule has 2 heteroatoms. The number of rotatable bonds is 5. The Morgan fingerprint density at radius 2 is 1.93 bits per heavy atom. The van der Waals surface area contributed by atoms with Crippen LogP contribution in [0.3, 0.4) is 0 Å². The summed E-state index contributed by atoms with van der Waals surface area (Å²) in [6.07, 6.45) is 2.14. The molecule has 1 rings (SSSR count). The normalized spacial score (nSPS) is 13.1. The van der Waals surface area contributed by atoms with E-state index >= 15 is 0 Å². The minimum absolute atomic E-state index is 0.294. The maximum Gasteiger partial charge on any atom is 0.0227 e. The van der Waals surface area contributed by atoms with E-state index in [1.807, 2.05) is 0 Å². The second-order valence-electron chi connectivity index (χ2n) is 4.57. The fourth-order valence-electron chi connectivity index (χ4n) is 1.64. The first-order valence-corrected chi connectivity index (χ1v) is 5.56. The lowest BCUT2D eigenvalue weighted by Gasteiger charge is -2.11. The van der Waals surface area contributed by atoms with E-state index in [1.165, 1.54) is 11.1 Å². The first kappa shape index (κ1) is 12.2. The highest BCUT2D eigenvalue weighted by molar-refractivity contribution is 5.23. The van der Waals surface area contributed by atoms with E-state index in [0.717, 1.165) is 19.4 Å². The zero-order valence-corrected chi connectivity index (χ0v) is 10.0. The average Bonchev–Trinajstić information content (AvgIpc) is 2.14. The molecular weight excluding hydrogens is 184 g/mol. The summed E-state index contributed by atoms with van der Waals surface area (Å²) in [6.45, 7) is 3.07. The van der Waals surface area contributed by atoms with Gasteiger partial charge in [-0.1, -0.05) is 24.3 Å². The molecule has 0 heterocycles. The molecule has 0 aliphatic rings. The van der Waals surface area contributed by atoms with E-state index in [1.54, 1.807) is 0 Å². The van der Waals surface area contributed by atoms with Crippen molar-refractivity contribution in [2.24, 2.45) is 5.73 Å². The van der Waals surface area contributed by atoms with Crippen LogP contribution in [0.2, 0.25) is 0 Å². The molecule has 0 amide bonds. The van der Waals surface area contributed by atoms with Crippen molar-refractivity contribution in [3.8, 4) is 0 Å². The van der Waals surface area contributed by atoms with Crippen molar-refractivity contribution in [2.75, 3.05) is 14.1 Å². The lowest BCUT2D eigenvalue weighted by molar-refractivity contribution is 0.402. The third kappa shape index (κ3) is 4.96. The molecule has 15 heavy (non-hydrogen) atoms. The molecule has 0 aromatic heterocycles. The highest BCUT2D eigenvalue weighted by Crippen LogP contribution is 2.09. The molecular formula is C13H22N2. The first-order valence-electron chi connectivity index (χ1n) is 5.56. The van der Waals surface area contributed by atoms with Crippen LogP contribution < -0.4 is 5.73 Å². The number of nitrogens with zero attached hydrogens (tertiary/aromatic N) is 1. The summed E-state index contributed by atoms with van der Waals surface area (Å²) >= 11 is 0. The van der Waals surface area contributed by atoms with Crippen molar-refractivity contribution < 1.29 is 0 Å². The van der Waals surface area contributed by atoms with Crippen molar-refractivity contribution in [1.82, 2.24) is 4.90 Å². The van der Waals surface area contributed by atoms with E-state index in [9.17, 15) is 0 Å². The summed E-state index contributed by atoms with van der Waals surface area (Å²) in [6, 6.07) is 9.07. The van der Waals surface area contributed by atoms with Crippen molar-refractivity contribution in [1.29, 1.82) is 0 Å². The third-order valence-electron chi connectivity index (χ3n) is 2.38. The van der Waals surface area contributed by atoms with Crippen LogP contribution in [0.25, 0.3) is 0 Å². The van der Waals surface area contributed by atoms with E-state index in [0.29, 0.717) is 6.04 Å². The van der Waals surface area contributed by atoms with Gasteiger partial charge in [0.05, 0.1) is 0 Å². The van der Waals surface area contributed by atoms with Gasteiger partial charge in [-0.15, -0.1) is 0 Å². The van der Waals surface area contributed by atoms with Crippen LogP contribution in [0.15, 0.2) is 24.3 Å². The third-order valence-corrected chi connectivity index (χ3v) is 2.38. The number of hydrogen-bond acceptors (Lipinski definition) is 2. The minimum Gasteiger partial charge on any atom is -0.328 e. The standard InChI is InChI=1S/C13H22N2/c1-11(14)7-8-12-5-4-6-13(9-12)10-15(2)3/h4-6,9,11H,7-8,10,14H2,1-3H3/t11-/m1/s1. The van der Waals surface area contributed by atoms with Crippen molar-refractivity contribution in [3.05, 3.63) is 35.4 Å². The van der Waals surface area contributed by atoms with Gasteiger partial charge in [-0.05, 0) is 45.0 Å². The molecule has 0 aliphatic heterocycles. The summed E-state index contributed by atoms with van der Waals surface area (Å²) in [4.78, 5) is 2.19. The van der Waals surface area contributed by atoms with Gasteiger partial charge in [-0.3, -0.25) is 0 Å². The van der Waals surface area contributed by atoms with Gasteiger partial charge in [-0.2, -0.15) is 0 Å². The Bertz CT molecular complexity index is 292. The SMILES string of the molecule is C[C@@H](N)CCc1cccc(CN(C)C)c1. The Kier molecular flexibility index (Phi) is 4.79. The molecule has 0 unspecified atom stereocenters. The molecule has 0 spiro atoms. The summed E-state index contributed by atoms with van der Waals surface area (Å²) in [5.74, 6) is 0. The number of aryl methyl sites for hydroxylation is 1. The topological polar surface area (TPSA) is 29.3 Å². The highest BCUT2D eigenvalue weighted by Gasteiger charge is 1.99. The van der Waals surface area contributed by atoms with Gasteiger partial charge >= 0.3 is 0 Å². The van der Waals surface area contributed by atoms with E-state index in [2.05, 4.69) is 50.2 Å². The predicted octanol–water partition coefficient (Wildman–Crippen LogP) is 2.03. The zero-order valence-electron chi connectivity index (χ0n) is 10.0. The molecule has 0 bridgehead atoms. The number of nitrogens with two attached hydrogens (primary N) is 1. The summed E-state index contributed by atoms with van der Waals surface area (Å²) in [7, 11) is 4.18. The van der Waals surface area contributed by atoms with Crippen LogP contribution in [0, 0.1) is 0 Å². The average molecular weight is 206 g/mol. The van der Waals surface area contributed by atoms with Crippen LogP contribution in [0.5, 0.6) is 0 Å². The van der Waals surface area contributed by atoms with Crippen LogP contribution in [-0.4, -0.2) is 25.0 Å². The van der Waals surface area contributed by atoms with Crippen molar-refractivity contribution in [2.45, 2.75) is 32.4 Å². The van der Waals surface area contributed by atoms with Gasteiger partial charge in [0.1, 0.15) is 0 Å². The molecule has 1 aromatic rings. The summed E-state index contributed by atoms with van der Waals surface area (Å²) < 4.78 is 0. The van der Waals surface area contributed by atoms with E-state index < -0.39 is 0 Å². The predicted molar refractivity (Wildman–Crippen MR) is 65.8 cm³/mol. The first-order chi connectivity index (χ1) is 7.08. The molecule has 84 valence electrons. The Balaban J connectivity index is 2.57. The van der Waals surface area contributed by atoms with Crippen molar-refractivity contribution >= 4 is 0 Å². The lowest BCUT2D eigenvalue weighted by Crippen LogP contribution is -2.15. The maximum absolute atomic E-state index is 5.75.